The second-order valence-electron chi connectivity index (χ2n) is 7.40. The average molecular weight is 429 g/mol. The van der Waals surface area contributed by atoms with Crippen LogP contribution >= 0.6 is 0 Å². The van der Waals surface area contributed by atoms with Gasteiger partial charge < -0.3 is 15.0 Å². The predicted molar refractivity (Wildman–Crippen MR) is 113 cm³/mol. The minimum Gasteiger partial charge on any atom is -0.476 e. The fraction of sp³-hybridized carbons (Fsp3) is 0.333. The summed E-state index contributed by atoms with van der Waals surface area (Å²) in [5, 5.41) is 2.75. The SMILES string of the molecule is CS(=O)(=O)N1C[C@@H](C(=O)Nc2ccccc2C(=O)N2CCCC2)Oc2ccccc21. The summed E-state index contributed by atoms with van der Waals surface area (Å²) in [6.45, 7) is 1.25. The summed E-state index contributed by atoms with van der Waals surface area (Å²) in [5.41, 5.74) is 1.19. The highest BCUT2D eigenvalue weighted by atomic mass is 32.2. The van der Waals surface area contributed by atoms with Gasteiger partial charge in [0, 0.05) is 13.1 Å². The van der Waals surface area contributed by atoms with Crippen molar-refractivity contribution >= 4 is 33.2 Å². The number of nitrogens with one attached hydrogen (secondary N) is 1. The Labute approximate surface area is 175 Å². The highest BCUT2D eigenvalue weighted by Gasteiger charge is 2.35. The number of hydrogen-bond donors (Lipinski definition) is 1. The Morgan fingerprint density at radius 1 is 1.03 bits per heavy atom. The summed E-state index contributed by atoms with van der Waals surface area (Å²) >= 11 is 0. The molecule has 158 valence electrons. The number of sulfonamides is 1. The molecule has 1 fully saturated rings. The van der Waals surface area contributed by atoms with Gasteiger partial charge in [-0.25, -0.2) is 8.42 Å². The van der Waals surface area contributed by atoms with Gasteiger partial charge in [0.25, 0.3) is 11.8 Å². The molecule has 2 amide bonds. The van der Waals surface area contributed by atoms with Gasteiger partial charge in [0.1, 0.15) is 5.75 Å². The number of benzene rings is 2. The van der Waals surface area contributed by atoms with E-state index in [0.29, 0.717) is 35.8 Å². The van der Waals surface area contributed by atoms with E-state index in [2.05, 4.69) is 5.32 Å². The number of anilines is 2. The number of hydrogen-bond acceptors (Lipinski definition) is 5. The molecule has 2 aromatic carbocycles. The van der Waals surface area contributed by atoms with Crippen LogP contribution in [0.1, 0.15) is 23.2 Å². The standard InChI is InChI=1S/C21H23N3O5S/c1-30(27,28)24-14-19(29-18-11-5-4-10-17(18)24)20(25)22-16-9-3-2-8-15(16)21(26)23-12-6-7-13-23/h2-5,8-11,19H,6-7,12-14H2,1H3,(H,22,25)/t19-/m0/s1. The zero-order chi connectivity index (χ0) is 21.3. The first-order valence-electron chi connectivity index (χ1n) is 9.77. The minimum atomic E-state index is -3.60. The maximum Gasteiger partial charge on any atom is 0.267 e. The molecule has 0 spiro atoms. The van der Waals surface area contributed by atoms with Gasteiger partial charge in [0.15, 0.2) is 6.10 Å². The first-order chi connectivity index (χ1) is 14.3. The largest absolute Gasteiger partial charge is 0.476 e. The van der Waals surface area contributed by atoms with Gasteiger partial charge in [-0.15, -0.1) is 0 Å². The third-order valence-corrected chi connectivity index (χ3v) is 6.38. The van der Waals surface area contributed by atoms with E-state index in [1.165, 1.54) is 0 Å². The second-order valence-corrected chi connectivity index (χ2v) is 9.31. The Balaban J connectivity index is 1.57. The third kappa shape index (κ3) is 3.97. The van der Waals surface area contributed by atoms with Gasteiger partial charge >= 0.3 is 0 Å². The van der Waals surface area contributed by atoms with Crippen molar-refractivity contribution < 1.29 is 22.7 Å². The predicted octanol–water partition coefficient (Wildman–Crippen LogP) is 2.09. The Morgan fingerprint density at radius 2 is 1.70 bits per heavy atom. The van der Waals surface area contributed by atoms with Crippen LogP contribution in [-0.2, 0) is 14.8 Å². The van der Waals surface area contributed by atoms with E-state index in [0.717, 1.165) is 23.4 Å². The summed E-state index contributed by atoms with van der Waals surface area (Å²) in [7, 11) is -3.60. The molecule has 8 nitrogen and oxygen atoms in total. The molecule has 2 aliphatic heterocycles. The molecular weight excluding hydrogens is 406 g/mol. The smallest absolute Gasteiger partial charge is 0.267 e. The fourth-order valence-corrected chi connectivity index (χ4v) is 4.65. The number of amides is 2. The van der Waals surface area contributed by atoms with Crippen LogP contribution in [0.2, 0.25) is 0 Å². The number of nitrogens with zero attached hydrogens (tertiary/aromatic N) is 2. The Hall–Kier alpha value is -3.07. The molecule has 1 atom stereocenters. The van der Waals surface area contributed by atoms with E-state index in [4.69, 9.17) is 4.74 Å². The van der Waals surface area contributed by atoms with Gasteiger partial charge in [-0.2, -0.15) is 0 Å². The highest BCUT2D eigenvalue weighted by molar-refractivity contribution is 7.92. The van der Waals surface area contributed by atoms with Crippen LogP contribution < -0.4 is 14.4 Å². The monoisotopic (exact) mass is 429 g/mol. The quantitative estimate of drug-likeness (QED) is 0.803. The van der Waals surface area contributed by atoms with Crippen LogP contribution in [0.4, 0.5) is 11.4 Å². The molecule has 1 N–H and O–H groups in total. The normalized spacial score (nSPS) is 18.5. The van der Waals surface area contributed by atoms with Crippen molar-refractivity contribution in [3.05, 3.63) is 54.1 Å². The molecule has 0 radical (unpaired) electrons. The number of fused-ring (bicyclic) bond motifs is 1. The maximum atomic E-state index is 13.0. The van der Waals surface area contributed by atoms with Crippen LogP contribution in [0.5, 0.6) is 5.75 Å². The van der Waals surface area contributed by atoms with E-state index in [1.54, 1.807) is 53.4 Å². The third-order valence-electron chi connectivity index (χ3n) is 5.24. The van der Waals surface area contributed by atoms with Crippen LogP contribution in [0.25, 0.3) is 0 Å². The Kier molecular flexibility index (Phi) is 5.38. The molecule has 2 aliphatic rings. The lowest BCUT2D eigenvalue weighted by molar-refractivity contribution is -0.122. The first-order valence-corrected chi connectivity index (χ1v) is 11.6. The van der Waals surface area contributed by atoms with Crippen molar-refractivity contribution in [2.24, 2.45) is 0 Å². The number of carbonyl (C=O) groups excluding carboxylic acids is 2. The molecule has 1 saturated heterocycles. The van der Waals surface area contributed by atoms with Crippen LogP contribution in [-0.4, -0.2) is 57.1 Å². The van der Waals surface area contributed by atoms with E-state index in [-0.39, 0.29) is 12.5 Å². The number of para-hydroxylation sites is 3. The lowest BCUT2D eigenvalue weighted by Crippen LogP contribution is -2.48. The number of carbonyl (C=O) groups is 2. The molecule has 0 aromatic heterocycles. The molecule has 0 bridgehead atoms. The molecule has 0 saturated carbocycles. The highest BCUT2D eigenvalue weighted by Crippen LogP contribution is 2.35. The van der Waals surface area contributed by atoms with Gasteiger partial charge in [-0.3, -0.25) is 13.9 Å². The van der Waals surface area contributed by atoms with E-state index < -0.39 is 22.0 Å². The topological polar surface area (TPSA) is 96.0 Å². The van der Waals surface area contributed by atoms with Crippen LogP contribution in [0, 0.1) is 0 Å². The van der Waals surface area contributed by atoms with E-state index in [9.17, 15) is 18.0 Å². The summed E-state index contributed by atoms with van der Waals surface area (Å²) in [6, 6.07) is 13.5. The van der Waals surface area contributed by atoms with Gasteiger partial charge in [0.05, 0.1) is 29.7 Å². The van der Waals surface area contributed by atoms with Gasteiger partial charge in [-0.1, -0.05) is 24.3 Å². The molecule has 0 unspecified atom stereocenters. The average Bonchev–Trinajstić information content (AvgIpc) is 3.27. The van der Waals surface area contributed by atoms with Gasteiger partial charge in [-0.05, 0) is 37.1 Å². The Morgan fingerprint density at radius 3 is 2.43 bits per heavy atom. The van der Waals surface area contributed by atoms with Crippen molar-refractivity contribution in [2.75, 3.05) is 35.5 Å². The number of rotatable bonds is 4. The zero-order valence-electron chi connectivity index (χ0n) is 16.6. The number of ether oxygens (including phenoxy) is 1. The lowest BCUT2D eigenvalue weighted by Gasteiger charge is -2.34. The molecular formula is C21H23N3O5S. The zero-order valence-corrected chi connectivity index (χ0v) is 17.4. The van der Waals surface area contributed by atoms with E-state index >= 15 is 0 Å². The summed E-state index contributed by atoms with van der Waals surface area (Å²) in [6.07, 6.45) is 1.98. The van der Waals surface area contributed by atoms with Gasteiger partial charge in [0.2, 0.25) is 10.0 Å². The maximum absolute atomic E-state index is 13.0. The lowest BCUT2D eigenvalue weighted by atomic mass is 10.1. The van der Waals surface area contributed by atoms with Crippen molar-refractivity contribution in [2.45, 2.75) is 18.9 Å². The van der Waals surface area contributed by atoms with Crippen molar-refractivity contribution in [1.82, 2.24) is 4.90 Å². The molecule has 4 rings (SSSR count). The summed E-state index contributed by atoms with van der Waals surface area (Å²) < 4.78 is 31.5. The van der Waals surface area contributed by atoms with Crippen molar-refractivity contribution in [1.29, 1.82) is 0 Å². The van der Waals surface area contributed by atoms with Crippen molar-refractivity contribution in [3.8, 4) is 5.75 Å². The minimum absolute atomic E-state index is 0.129. The van der Waals surface area contributed by atoms with Crippen molar-refractivity contribution in [3.63, 3.8) is 0 Å². The molecule has 9 heteroatoms. The van der Waals surface area contributed by atoms with Crippen LogP contribution in [0.15, 0.2) is 48.5 Å². The number of likely N-dealkylation sites (tertiary alicyclic amines) is 1. The summed E-state index contributed by atoms with van der Waals surface area (Å²) in [5.74, 6) is -0.327. The molecule has 2 heterocycles. The Bertz CT molecular complexity index is 1080. The molecule has 30 heavy (non-hydrogen) atoms. The first kappa shape index (κ1) is 20.2. The van der Waals surface area contributed by atoms with E-state index in [1.807, 2.05) is 0 Å². The fourth-order valence-electron chi connectivity index (χ4n) is 3.74. The summed E-state index contributed by atoms with van der Waals surface area (Å²) in [4.78, 5) is 27.6. The van der Waals surface area contributed by atoms with Crippen LogP contribution in [0.3, 0.4) is 0 Å². The molecule has 2 aromatic rings. The second kappa shape index (κ2) is 7.98. The molecule has 0 aliphatic carbocycles.